The number of nitrogens with zero attached hydrogens (tertiary/aromatic N) is 1. The number of nitriles is 1. The first kappa shape index (κ1) is 12.1. The second-order valence-electron chi connectivity index (χ2n) is 3.62. The molecule has 0 bridgehead atoms. The van der Waals surface area contributed by atoms with Crippen molar-refractivity contribution in [1.29, 1.82) is 5.26 Å². The summed E-state index contributed by atoms with van der Waals surface area (Å²) in [7, 11) is 0. The van der Waals surface area contributed by atoms with E-state index in [9.17, 15) is 4.79 Å². The first-order valence-electron chi connectivity index (χ1n) is 5.11. The van der Waals surface area contributed by atoms with Crippen molar-refractivity contribution in [2.45, 2.75) is 6.92 Å². The van der Waals surface area contributed by atoms with E-state index in [0.29, 0.717) is 17.1 Å². The van der Waals surface area contributed by atoms with Crippen LogP contribution in [0.3, 0.4) is 0 Å². The van der Waals surface area contributed by atoms with E-state index in [-0.39, 0.29) is 4.88 Å². The molecule has 0 aliphatic rings. The predicted octanol–water partition coefficient (Wildman–Crippen LogP) is 3.42. The summed E-state index contributed by atoms with van der Waals surface area (Å²) >= 11 is 1.09. The third-order valence-electron chi connectivity index (χ3n) is 2.34. The highest BCUT2D eigenvalue weighted by Gasteiger charge is 2.11. The van der Waals surface area contributed by atoms with Crippen LogP contribution >= 0.6 is 11.3 Å². The summed E-state index contributed by atoms with van der Waals surface area (Å²) in [6.45, 7) is 1.83. The average molecular weight is 259 g/mol. The molecule has 2 rings (SSSR count). The van der Waals surface area contributed by atoms with Crippen LogP contribution in [0, 0.1) is 18.3 Å². The van der Waals surface area contributed by atoms with E-state index >= 15 is 0 Å². The molecule has 0 atom stereocenters. The zero-order chi connectivity index (χ0) is 13.1. The maximum atomic E-state index is 10.8. The van der Waals surface area contributed by atoms with Gasteiger partial charge >= 0.3 is 5.97 Å². The Bertz CT molecular complexity index is 640. The lowest BCUT2D eigenvalue weighted by atomic mass is 10.1. The van der Waals surface area contributed by atoms with E-state index in [0.717, 1.165) is 16.9 Å². The van der Waals surface area contributed by atoms with Gasteiger partial charge in [-0.3, -0.25) is 0 Å². The van der Waals surface area contributed by atoms with Gasteiger partial charge in [0.1, 0.15) is 22.4 Å². The minimum atomic E-state index is -0.986. The number of aromatic carboxylic acids is 1. The predicted molar refractivity (Wildman–Crippen MR) is 67.2 cm³/mol. The Kier molecular flexibility index (Phi) is 3.31. The fourth-order valence-electron chi connectivity index (χ4n) is 1.48. The van der Waals surface area contributed by atoms with Gasteiger partial charge in [0.15, 0.2) is 0 Å². The molecule has 1 aromatic heterocycles. The molecule has 0 fully saturated rings. The van der Waals surface area contributed by atoms with Crippen molar-refractivity contribution >= 4 is 17.3 Å². The van der Waals surface area contributed by atoms with E-state index in [1.54, 1.807) is 17.5 Å². The van der Waals surface area contributed by atoms with E-state index in [4.69, 9.17) is 15.1 Å². The molecule has 0 spiro atoms. The summed E-state index contributed by atoms with van der Waals surface area (Å²) < 4.78 is 5.59. The van der Waals surface area contributed by atoms with Crippen LogP contribution in [-0.4, -0.2) is 11.1 Å². The second kappa shape index (κ2) is 4.90. The largest absolute Gasteiger partial charge is 0.477 e. The molecule has 4 nitrogen and oxygen atoms in total. The van der Waals surface area contributed by atoms with Crippen LogP contribution < -0.4 is 4.74 Å². The molecular weight excluding hydrogens is 250 g/mol. The maximum absolute atomic E-state index is 10.8. The SMILES string of the molecule is Cc1cccc(C#N)c1Oc1csc(C(=O)O)c1. The number of rotatable bonds is 3. The van der Waals surface area contributed by atoms with Crippen LogP contribution in [0.2, 0.25) is 0 Å². The number of carboxylic acid groups (broad SMARTS) is 1. The summed E-state index contributed by atoms with van der Waals surface area (Å²) in [5.74, 6) is -0.0851. The van der Waals surface area contributed by atoms with Crippen molar-refractivity contribution in [2.75, 3.05) is 0 Å². The van der Waals surface area contributed by atoms with Crippen molar-refractivity contribution in [3.05, 3.63) is 45.6 Å². The minimum absolute atomic E-state index is 0.206. The van der Waals surface area contributed by atoms with Crippen molar-refractivity contribution in [1.82, 2.24) is 0 Å². The van der Waals surface area contributed by atoms with E-state index in [2.05, 4.69) is 0 Å². The molecule has 1 aromatic carbocycles. The Morgan fingerprint density at radius 3 is 2.89 bits per heavy atom. The van der Waals surface area contributed by atoms with Gasteiger partial charge in [-0.05, 0) is 18.6 Å². The monoisotopic (exact) mass is 259 g/mol. The van der Waals surface area contributed by atoms with Crippen LogP contribution in [0.1, 0.15) is 20.8 Å². The van der Waals surface area contributed by atoms with Gasteiger partial charge in [-0.15, -0.1) is 11.3 Å². The van der Waals surface area contributed by atoms with E-state index in [1.807, 2.05) is 19.1 Å². The van der Waals surface area contributed by atoms with Crippen LogP contribution in [-0.2, 0) is 0 Å². The summed E-state index contributed by atoms with van der Waals surface area (Å²) in [5, 5.41) is 19.4. The number of ether oxygens (including phenoxy) is 1. The van der Waals surface area contributed by atoms with Gasteiger partial charge < -0.3 is 9.84 Å². The number of aryl methyl sites for hydroxylation is 1. The number of carboxylic acids is 1. The van der Waals surface area contributed by atoms with Crippen molar-refractivity contribution in [2.24, 2.45) is 0 Å². The Labute approximate surface area is 108 Å². The molecule has 0 aliphatic carbocycles. The van der Waals surface area contributed by atoms with Gasteiger partial charge in [0.25, 0.3) is 0 Å². The smallest absolute Gasteiger partial charge is 0.346 e. The van der Waals surface area contributed by atoms with Crippen LogP contribution in [0.4, 0.5) is 0 Å². The molecule has 2 aromatic rings. The topological polar surface area (TPSA) is 70.3 Å². The van der Waals surface area contributed by atoms with Gasteiger partial charge in [0.2, 0.25) is 0 Å². The fourth-order valence-corrected chi connectivity index (χ4v) is 2.12. The summed E-state index contributed by atoms with van der Waals surface area (Å²) in [4.78, 5) is 11.0. The molecule has 0 saturated carbocycles. The van der Waals surface area contributed by atoms with Gasteiger partial charge in [-0.25, -0.2) is 4.79 Å². The quantitative estimate of drug-likeness (QED) is 0.916. The molecule has 0 radical (unpaired) electrons. The molecule has 5 heteroatoms. The second-order valence-corrected chi connectivity index (χ2v) is 4.53. The highest BCUT2D eigenvalue weighted by atomic mass is 32.1. The lowest BCUT2D eigenvalue weighted by Crippen LogP contribution is -1.92. The molecule has 0 saturated heterocycles. The first-order valence-corrected chi connectivity index (χ1v) is 5.99. The zero-order valence-electron chi connectivity index (χ0n) is 9.51. The Morgan fingerprint density at radius 2 is 2.28 bits per heavy atom. The zero-order valence-corrected chi connectivity index (χ0v) is 10.3. The Hall–Kier alpha value is -2.32. The Balaban J connectivity index is 2.34. The number of para-hydroxylation sites is 1. The third kappa shape index (κ3) is 2.34. The van der Waals surface area contributed by atoms with Crippen molar-refractivity contribution in [3.63, 3.8) is 0 Å². The lowest BCUT2D eigenvalue weighted by Gasteiger charge is -2.08. The molecule has 90 valence electrons. The number of benzene rings is 1. The molecule has 1 heterocycles. The number of carbonyl (C=O) groups is 1. The molecule has 0 amide bonds. The lowest BCUT2D eigenvalue weighted by molar-refractivity contribution is 0.0702. The van der Waals surface area contributed by atoms with Crippen molar-refractivity contribution < 1.29 is 14.6 Å². The number of hydrogen-bond donors (Lipinski definition) is 1. The highest BCUT2D eigenvalue weighted by Crippen LogP contribution is 2.31. The van der Waals surface area contributed by atoms with Crippen molar-refractivity contribution in [3.8, 4) is 17.6 Å². The van der Waals surface area contributed by atoms with Gasteiger partial charge in [-0.2, -0.15) is 5.26 Å². The summed E-state index contributed by atoms with van der Waals surface area (Å²) in [6.07, 6.45) is 0. The fraction of sp³-hybridized carbons (Fsp3) is 0.0769. The van der Waals surface area contributed by atoms with Crippen LogP contribution in [0.25, 0.3) is 0 Å². The molecular formula is C13H9NO3S. The number of hydrogen-bond acceptors (Lipinski definition) is 4. The minimum Gasteiger partial charge on any atom is -0.477 e. The third-order valence-corrected chi connectivity index (χ3v) is 3.24. The molecule has 1 N–H and O–H groups in total. The summed E-state index contributed by atoms with van der Waals surface area (Å²) in [5.41, 5.74) is 1.26. The average Bonchev–Trinajstić information content (AvgIpc) is 2.80. The Morgan fingerprint density at radius 1 is 1.50 bits per heavy atom. The summed E-state index contributed by atoms with van der Waals surface area (Å²) in [6, 6.07) is 8.76. The highest BCUT2D eigenvalue weighted by molar-refractivity contribution is 7.12. The number of thiophene rings is 1. The molecule has 18 heavy (non-hydrogen) atoms. The van der Waals surface area contributed by atoms with Gasteiger partial charge in [0.05, 0.1) is 5.56 Å². The molecule has 0 unspecified atom stereocenters. The van der Waals surface area contributed by atoms with E-state index < -0.39 is 5.97 Å². The maximum Gasteiger partial charge on any atom is 0.346 e. The van der Waals surface area contributed by atoms with Gasteiger partial charge in [-0.1, -0.05) is 12.1 Å². The van der Waals surface area contributed by atoms with Crippen LogP contribution in [0.15, 0.2) is 29.6 Å². The standard InChI is InChI=1S/C13H9NO3S/c1-8-3-2-4-9(6-14)12(8)17-10-5-11(13(15)16)18-7-10/h2-5,7H,1H3,(H,15,16). The van der Waals surface area contributed by atoms with E-state index in [1.165, 1.54) is 6.07 Å². The normalized spacial score (nSPS) is 9.78. The first-order chi connectivity index (χ1) is 8.61. The molecule has 0 aliphatic heterocycles. The van der Waals surface area contributed by atoms with Gasteiger partial charge in [0, 0.05) is 11.4 Å². The van der Waals surface area contributed by atoms with Crippen LogP contribution in [0.5, 0.6) is 11.5 Å².